The molecule has 2 aliphatic heterocycles. The van der Waals surface area contributed by atoms with E-state index in [-0.39, 0.29) is 18.5 Å². The Balaban J connectivity index is 0.895. The number of hydrogen-bond acceptors (Lipinski definition) is 6. The van der Waals surface area contributed by atoms with E-state index < -0.39 is 0 Å². The van der Waals surface area contributed by atoms with Gasteiger partial charge in [0.2, 0.25) is 0 Å². The van der Waals surface area contributed by atoms with Crippen LogP contribution < -0.4 is 20.9 Å². The first-order chi connectivity index (χ1) is 29.6. The second-order valence-electron chi connectivity index (χ2n) is 15.6. The molecule has 6 nitrogen and oxygen atoms in total. The molecular weight excluding hydrogens is 735 g/mol. The number of benzene rings is 8. The van der Waals surface area contributed by atoms with Crippen molar-refractivity contribution in [1.29, 1.82) is 0 Å². The Morgan fingerprint density at radius 3 is 1.88 bits per heavy atom. The zero-order valence-corrected chi connectivity index (χ0v) is 33.2. The normalized spacial score (nSPS) is 17.2. The zero-order valence-electron chi connectivity index (χ0n) is 33.2. The third-order valence-electron chi connectivity index (χ3n) is 11.9. The van der Waals surface area contributed by atoms with Gasteiger partial charge in [-0.15, -0.1) is 0 Å². The van der Waals surface area contributed by atoms with Crippen LogP contribution in [-0.2, 0) is 0 Å². The predicted octanol–water partition coefficient (Wildman–Crippen LogP) is 13.2. The minimum Gasteiger partial charge on any atom is -0.456 e. The van der Waals surface area contributed by atoms with Crippen LogP contribution in [0.15, 0.2) is 204 Å². The molecule has 8 aromatic carbocycles. The third-order valence-corrected chi connectivity index (χ3v) is 11.9. The van der Waals surface area contributed by atoms with Gasteiger partial charge < -0.3 is 20.0 Å². The number of aliphatic imine (C=N–C) groups is 1. The Labute approximate surface area is 349 Å². The van der Waals surface area contributed by atoms with Crippen LogP contribution in [0.5, 0.6) is 0 Å². The van der Waals surface area contributed by atoms with E-state index in [0.717, 1.165) is 62.0 Å². The van der Waals surface area contributed by atoms with Gasteiger partial charge in [0.25, 0.3) is 0 Å². The van der Waals surface area contributed by atoms with Crippen molar-refractivity contribution in [3.8, 4) is 33.4 Å². The van der Waals surface area contributed by atoms with Gasteiger partial charge in [-0.1, -0.05) is 146 Å². The molecule has 2 aliphatic rings. The summed E-state index contributed by atoms with van der Waals surface area (Å²) in [7, 11) is 0. The molecule has 6 heteroatoms. The summed E-state index contributed by atoms with van der Waals surface area (Å²) in [5.74, 6) is 0.846. The van der Waals surface area contributed by atoms with Crippen molar-refractivity contribution >= 4 is 44.8 Å². The molecule has 0 aliphatic carbocycles. The Kier molecular flexibility index (Phi) is 8.98. The lowest BCUT2D eigenvalue weighted by Gasteiger charge is -2.32. The molecule has 290 valence electrons. The van der Waals surface area contributed by atoms with E-state index in [1.54, 1.807) is 0 Å². The number of anilines is 3. The number of hydrogen-bond donors (Lipinski definition) is 3. The minimum absolute atomic E-state index is 0.198. The smallest absolute Gasteiger partial charge is 0.135 e. The average Bonchev–Trinajstić information content (AvgIpc) is 3.90. The lowest BCUT2D eigenvalue weighted by molar-refractivity contribution is 0.409. The molecule has 0 radical (unpaired) electrons. The molecule has 11 rings (SSSR count). The van der Waals surface area contributed by atoms with Crippen LogP contribution in [0.4, 0.5) is 17.1 Å². The number of furan rings is 1. The van der Waals surface area contributed by atoms with Crippen molar-refractivity contribution < 1.29 is 4.42 Å². The molecule has 0 saturated carbocycles. The van der Waals surface area contributed by atoms with Crippen LogP contribution in [0.2, 0.25) is 0 Å². The maximum Gasteiger partial charge on any atom is 0.135 e. The second-order valence-corrected chi connectivity index (χ2v) is 15.6. The summed E-state index contributed by atoms with van der Waals surface area (Å²) in [5, 5.41) is 13.4. The van der Waals surface area contributed by atoms with Crippen molar-refractivity contribution in [2.45, 2.75) is 31.8 Å². The second kappa shape index (κ2) is 15.1. The third kappa shape index (κ3) is 6.57. The number of fused-ring (bicyclic) bond motifs is 4. The van der Waals surface area contributed by atoms with E-state index in [4.69, 9.17) is 9.41 Å². The van der Waals surface area contributed by atoms with E-state index >= 15 is 0 Å². The lowest BCUT2D eigenvalue weighted by atomic mass is 9.95. The largest absolute Gasteiger partial charge is 0.456 e. The highest BCUT2D eigenvalue weighted by molar-refractivity contribution is 6.05. The fourth-order valence-electron chi connectivity index (χ4n) is 8.87. The molecule has 0 bridgehead atoms. The Morgan fingerprint density at radius 1 is 0.500 bits per heavy atom. The number of nitrogens with one attached hydrogen (secondary N) is 3. The number of amidine groups is 1. The first-order valence-electron chi connectivity index (χ1n) is 20.8. The highest BCUT2D eigenvalue weighted by Gasteiger charge is 2.29. The monoisotopic (exact) mass is 777 g/mol. The van der Waals surface area contributed by atoms with Gasteiger partial charge in [-0.25, -0.2) is 4.99 Å². The van der Waals surface area contributed by atoms with Crippen LogP contribution in [0.1, 0.15) is 42.4 Å². The Morgan fingerprint density at radius 2 is 1.12 bits per heavy atom. The van der Waals surface area contributed by atoms with Crippen molar-refractivity contribution in [2.24, 2.45) is 4.99 Å². The summed E-state index contributed by atoms with van der Waals surface area (Å²) in [6.07, 6.45) is 0.723. The minimum atomic E-state index is -0.286. The molecule has 1 aromatic heterocycles. The Hall–Kier alpha value is -7.41. The topological polar surface area (TPSA) is 64.8 Å². The number of para-hydroxylation sites is 3. The lowest BCUT2D eigenvalue weighted by Crippen LogP contribution is -2.44. The van der Waals surface area contributed by atoms with E-state index in [9.17, 15) is 0 Å². The van der Waals surface area contributed by atoms with Crippen molar-refractivity contribution in [1.82, 2.24) is 10.6 Å². The predicted molar refractivity (Wildman–Crippen MR) is 247 cm³/mol. The maximum atomic E-state index is 6.29. The number of rotatable bonds is 8. The summed E-state index contributed by atoms with van der Waals surface area (Å²) in [6, 6.07) is 69.0. The summed E-state index contributed by atoms with van der Waals surface area (Å²) in [6.45, 7) is 2.23. The molecule has 3 atom stereocenters. The SMILES string of the molecule is CCC1Nc2ccccc2N1c1cccc(-c2cccc(-c3cccc(-c4cccc(C5N=C(c6ccccc6)NC(c6ccc7c(c6)oc6ccccc67)N5)c4)c3)c2)c1. The fourth-order valence-corrected chi connectivity index (χ4v) is 8.87. The summed E-state index contributed by atoms with van der Waals surface area (Å²) < 4.78 is 6.29. The van der Waals surface area contributed by atoms with Gasteiger partial charge in [-0.3, -0.25) is 5.32 Å². The number of nitrogens with zero attached hydrogens (tertiary/aromatic N) is 2. The standard InChI is InChI=1S/C54H43N5O/c1-2-51-55-47-25-7-8-26-48(47)59(51)44-23-13-21-41(33-44)39-19-11-17-37(31-39)36-16-10-18-38(30-36)40-20-12-22-42(32-40)53-56-52(35-14-4-3-5-15-35)57-54(58-53)43-28-29-46-45-24-6-9-27-49(45)60-50(46)34-43/h3-34,51,53-55,58H,2H2,1H3,(H,56,57). The van der Waals surface area contributed by atoms with Crippen LogP contribution in [0.3, 0.4) is 0 Å². The molecule has 3 N–H and O–H groups in total. The van der Waals surface area contributed by atoms with Gasteiger partial charge >= 0.3 is 0 Å². The first kappa shape index (κ1) is 35.7. The fraction of sp³-hybridized carbons (Fsp3) is 0.0926. The summed E-state index contributed by atoms with van der Waals surface area (Å²) in [5.41, 5.74) is 15.6. The van der Waals surface area contributed by atoms with E-state index in [0.29, 0.717) is 0 Å². The quantitative estimate of drug-likeness (QED) is 0.143. The maximum absolute atomic E-state index is 6.29. The highest BCUT2D eigenvalue weighted by Crippen LogP contribution is 2.42. The molecule has 0 fully saturated rings. The molecule has 0 spiro atoms. The molecule has 9 aromatic rings. The van der Waals surface area contributed by atoms with Crippen molar-refractivity contribution in [2.75, 3.05) is 10.2 Å². The average molecular weight is 778 g/mol. The van der Waals surface area contributed by atoms with Crippen LogP contribution in [-0.4, -0.2) is 12.0 Å². The van der Waals surface area contributed by atoms with E-state index in [1.807, 2.05) is 18.2 Å². The van der Waals surface area contributed by atoms with E-state index in [1.165, 1.54) is 39.3 Å². The van der Waals surface area contributed by atoms with Gasteiger partial charge in [0.15, 0.2) is 0 Å². The van der Waals surface area contributed by atoms with Crippen LogP contribution in [0.25, 0.3) is 55.3 Å². The molecule has 0 amide bonds. The van der Waals surface area contributed by atoms with Crippen molar-refractivity contribution in [3.05, 3.63) is 211 Å². The van der Waals surface area contributed by atoms with Crippen LogP contribution in [0, 0.1) is 0 Å². The zero-order chi connectivity index (χ0) is 40.0. The molecule has 3 heterocycles. The van der Waals surface area contributed by atoms with E-state index in [2.05, 4.69) is 204 Å². The molecular formula is C54H43N5O. The summed E-state index contributed by atoms with van der Waals surface area (Å²) >= 11 is 0. The first-order valence-corrected chi connectivity index (χ1v) is 20.8. The molecule has 0 saturated heterocycles. The van der Waals surface area contributed by atoms with Crippen LogP contribution >= 0.6 is 0 Å². The van der Waals surface area contributed by atoms with Gasteiger partial charge in [0.1, 0.15) is 35.5 Å². The van der Waals surface area contributed by atoms with Gasteiger partial charge in [-0.05, 0) is 106 Å². The molecule has 60 heavy (non-hydrogen) atoms. The van der Waals surface area contributed by atoms with Gasteiger partial charge in [0.05, 0.1) is 11.4 Å². The van der Waals surface area contributed by atoms with Gasteiger partial charge in [-0.2, -0.15) is 0 Å². The molecule has 3 unspecified atom stereocenters. The van der Waals surface area contributed by atoms with Crippen molar-refractivity contribution in [3.63, 3.8) is 0 Å². The summed E-state index contributed by atoms with van der Waals surface area (Å²) in [4.78, 5) is 7.67. The Bertz CT molecular complexity index is 3060. The van der Waals surface area contributed by atoms with Gasteiger partial charge in [0, 0.05) is 22.0 Å². The highest BCUT2D eigenvalue weighted by atomic mass is 16.3.